The number of nitrogens with zero attached hydrogens (tertiary/aromatic N) is 2. The molecular weight excluding hydrogens is 364 g/mol. The first kappa shape index (κ1) is 26.5. The molecule has 1 rings (SSSR count). The molecule has 2 N–H and O–H groups in total. The summed E-state index contributed by atoms with van der Waals surface area (Å²) in [5, 5.41) is 6.71. The topological polar surface area (TPSA) is 40.2 Å². The minimum atomic E-state index is 0.564. The maximum Gasteiger partial charge on any atom is 0.175 e. The zero-order valence-electron chi connectivity index (χ0n) is 18.8. The molecule has 0 aromatic carbocycles. The number of thiocarbonyl (C=S) groups is 1. The van der Waals surface area contributed by atoms with Gasteiger partial charge in [-0.15, -0.1) is 0 Å². The number of hydrogen-bond donors (Lipinski definition) is 2. The lowest BCUT2D eigenvalue weighted by Gasteiger charge is -2.12. The van der Waals surface area contributed by atoms with Crippen molar-refractivity contribution in [3.63, 3.8) is 0 Å². The van der Waals surface area contributed by atoms with E-state index in [-0.39, 0.29) is 0 Å². The van der Waals surface area contributed by atoms with Crippen molar-refractivity contribution in [3.05, 3.63) is 36.3 Å². The van der Waals surface area contributed by atoms with Gasteiger partial charge in [0.2, 0.25) is 0 Å². The molecule has 0 aliphatic heterocycles. The van der Waals surface area contributed by atoms with E-state index in [2.05, 4.69) is 61.0 Å². The molecule has 0 aliphatic rings. The van der Waals surface area contributed by atoms with Gasteiger partial charge in [-0.1, -0.05) is 53.5 Å². The first-order chi connectivity index (χ1) is 13.5. The maximum atomic E-state index is 5.20. The van der Waals surface area contributed by atoms with Crippen LogP contribution >= 0.6 is 12.2 Å². The molecule has 0 amide bonds. The Morgan fingerprint density at radius 1 is 1.04 bits per heavy atom. The number of hydrogen-bond acceptors (Lipinski definition) is 3. The van der Waals surface area contributed by atoms with Gasteiger partial charge >= 0.3 is 0 Å². The Bertz CT molecular complexity index is 522. The Hall–Kier alpha value is -1.46. The number of aryl methyl sites for hydroxylation is 1. The molecule has 0 unspecified atom stereocenters. The monoisotopic (exact) mass is 406 g/mol. The third-order valence-corrected chi connectivity index (χ3v) is 4.50. The Morgan fingerprint density at radius 2 is 1.71 bits per heavy atom. The minimum absolute atomic E-state index is 0.564. The van der Waals surface area contributed by atoms with Crippen molar-refractivity contribution >= 4 is 23.0 Å². The van der Waals surface area contributed by atoms with Crippen molar-refractivity contribution in [2.45, 2.75) is 79.1 Å². The van der Waals surface area contributed by atoms with Crippen molar-refractivity contribution in [1.82, 2.24) is 15.2 Å². The second-order valence-electron chi connectivity index (χ2n) is 7.19. The first-order valence-electron chi connectivity index (χ1n) is 10.9. The van der Waals surface area contributed by atoms with E-state index in [1.54, 1.807) is 0 Å². The normalized spacial score (nSPS) is 10.2. The molecular formula is C23H42N4S. The van der Waals surface area contributed by atoms with Crippen LogP contribution in [0.4, 0.5) is 5.69 Å². The van der Waals surface area contributed by atoms with E-state index in [0.717, 1.165) is 29.9 Å². The SMILES string of the molecule is C=C(CC)NC(=S)Nc1ccc(CCCCCC)nc1.CCCN(C)CCC. The third-order valence-electron chi connectivity index (χ3n) is 4.30. The highest BCUT2D eigenvalue weighted by atomic mass is 32.1. The van der Waals surface area contributed by atoms with Gasteiger partial charge in [0.25, 0.3) is 0 Å². The number of aromatic nitrogens is 1. The van der Waals surface area contributed by atoms with Crippen LogP contribution in [-0.2, 0) is 6.42 Å². The Labute approximate surface area is 179 Å². The lowest BCUT2D eigenvalue weighted by Crippen LogP contribution is -2.27. The predicted molar refractivity (Wildman–Crippen MR) is 129 cm³/mol. The van der Waals surface area contributed by atoms with Crippen molar-refractivity contribution in [2.24, 2.45) is 0 Å². The average molecular weight is 407 g/mol. The van der Waals surface area contributed by atoms with Crippen LogP contribution in [0.25, 0.3) is 0 Å². The molecule has 0 spiro atoms. The largest absolute Gasteiger partial charge is 0.337 e. The zero-order chi connectivity index (χ0) is 21.2. The van der Waals surface area contributed by atoms with E-state index >= 15 is 0 Å². The molecule has 28 heavy (non-hydrogen) atoms. The average Bonchev–Trinajstić information content (AvgIpc) is 2.67. The van der Waals surface area contributed by atoms with Crippen LogP contribution in [-0.4, -0.2) is 35.1 Å². The van der Waals surface area contributed by atoms with Crippen molar-refractivity contribution < 1.29 is 0 Å². The zero-order valence-corrected chi connectivity index (χ0v) is 19.6. The fourth-order valence-electron chi connectivity index (χ4n) is 2.67. The summed E-state index contributed by atoms with van der Waals surface area (Å²) >= 11 is 5.20. The molecule has 4 nitrogen and oxygen atoms in total. The van der Waals surface area contributed by atoms with Gasteiger partial charge in [0.15, 0.2) is 5.11 Å². The third kappa shape index (κ3) is 14.6. The van der Waals surface area contributed by atoms with Crippen LogP contribution in [0.1, 0.15) is 78.3 Å². The lowest BCUT2D eigenvalue weighted by atomic mass is 10.1. The van der Waals surface area contributed by atoms with Gasteiger partial charge in [0.05, 0.1) is 11.9 Å². The summed E-state index contributed by atoms with van der Waals surface area (Å²) in [5.74, 6) is 0. The van der Waals surface area contributed by atoms with Crippen LogP contribution in [0.2, 0.25) is 0 Å². The highest BCUT2D eigenvalue weighted by Crippen LogP contribution is 2.10. The summed E-state index contributed by atoms with van der Waals surface area (Å²) in [4.78, 5) is 6.82. The molecule has 0 saturated heterocycles. The van der Waals surface area contributed by atoms with Crippen LogP contribution in [0, 0.1) is 0 Å². The molecule has 1 aromatic heterocycles. The lowest BCUT2D eigenvalue weighted by molar-refractivity contribution is 0.335. The van der Waals surface area contributed by atoms with Crippen LogP contribution in [0.3, 0.4) is 0 Å². The summed E-state index contributed by atoms with van der Waals surface area (Å²) in [6, 6.07) is 4.08. The highest BCUT2D eigenvalue weighted by molar-refractivity contribution is 7.80. The predicted octanol–water partition coefficient (Wildman–Crippen LogP) is 6.15. The Morgan fingerprint density at radius 3 is 2.21 bits per heavy atom. The van der Waals surface area contributed by atoms with Crippen LogP contribution in [0.5, 0.6) is 0 Å². The van der Waals surface area contributed by atoms with Crippen molar-refractivity contribution in [3.8, 4) is 0 Å². The molecule has 160 valence electrons. The molecule has 0 fully saturated rings. The van der Waals surface area contributed by atoms with E-state index in [1.165, 1.54) is 51.6 Å². The van der Waals surface area contributed by atoms with Crippen molar-refractivity contribution in [2.75, 3.05) is 25.5 Å². The van der Waals surface area contributed by atoms with E-state index in [0.29, 0.717) is 5.11 Å². The summed E-state index contributed by atoms with van der Waals surface area (Å²) in [7, 11) is 2.17. The number of pyridine rings is 1. The highest BCUT2D eigenvalue weighted by Gasteiger charge is 2.00. The van der Waals surface area contributed by atoms with Gasteiger partial charge in [-0.25, -0.2) is 0 Å². The van der Waals surface area contributed by atoms with Gasteiger partial charge < -0.3 is 15.5 Å². The number of allylic oxidation sites excluding steroid dienone is 1. The fraction of sp³-hybridized carbons (Fsp3) is 0.652. The standard InChI is InChI=1S/C16H25N3S.C7H17N/c1-4-6-7-8-9-14-10-11-15(12-17-14)19-16(20)18-13(3)5-2;1-4-6-8(3)7-5-2/h10-12H,3-9H2,1-2H3,(H2,18,19,20);4-7H2,1-3H3. The molecule has 0 bridgehead atoms. The summed E-state index contributed by atoms with van der Waals surface area (Å²) in [6.07, 6.45) is 11.4. The van der Waals surface area contributed by atoms with E-state index in [1.807, 2.05) is 19.2 Å². The smallest absolute Gasteiger partial charge is 0.175 e. The summed E-state index contributed by atoms with van der Waals surface area (Å²) < 4.78 is 0. The Kier molecular flexibility index (Phi) is 16.7. The van der Waals surface area contributed by atoms with E-state index < -0.39 is 0 Å². The molecule has 0 saturated carbocycles. The van der Waals surface area contributed by atoms with Crippen LogP contribution in [0.15, 0.2) is 30.6 Å². The van der Waals surface area contributed by atoms with E-state index in [4.69, 9.17) is 12.2 Å². The molecule has 0 atom stereocenters. The maximum absolute atomic E-state index is 5.20. The fourth-order valence-corrected chi connectivity index (χ4v) is 2.93. The van der Waals surface area contributed by atoms with Crippen LogP contribution < -0.4 is 10.6 Å². The van der Waals surface area contributed by atoms with Gasteiger partial charge in [-0.2, -0.15) is 0 Å². The van der Waals surface area contributed by atoms with Gasteiger partial charge in [-0.05, 0) is 76.6 Å². The number of anilines is 1. The molecule has 1 aromatic rings. The molecule has 5 heteroatoms. The Balaban J connectivity index is 0.000000769. The molecule has 0 radical (unpaired) electrons. The van der Waals surface area contributed by atoms with Crippen molar-refractivity contribution in [1.29, 1.82) is 0 Å². The first-order valence-corrected chi connectivity index (χ1v) is 11.3. The quantitative estimate of drug-likeness (QED) is 0.322. The minimum Gasteiger partial charge on any atom is -0.337 e. The summed E-state index contributed by atoms with van der Waals surface area (Å²) in [5.41, 5.74) is 2.95. The number of rotatable bonds is 12. The number of nitrogens with one attached hydrogen (secondary N) is 2. The summed E-state index contributed by atoms with van der Waals surface area (Å²) in [6.45, 7) is 15.0. The van der Waals surface area contributed by atoms with Gasteiger partial charge in [0.1, 0.15) is 0 Å². The van der Waals surface area contributed by atoms with Gasteiger partial charge in [0, 0.05) is 11.4 Å². The molecule has 1 heterocycles. The number of unbranched alkanes of at least 4 members (excludes halogenated alkanes) is 3. The second kappa shape index (κ2) is 17.6. The second-order valence-corrected chi connectivity index (χ2v) is 7.60. The molecule has 0 aliphatic carbocycles. The van der Waals surface area contributed by atoms with Gasteiger partial charge in [-0.3, -0.25) is 4.98 Å². The van der Waals surface area contributed by atoms with E-state index in [9.17, 15) is 0 Å².